The standard InChI is InChI=1S/C8H10O5/c1-8(7(10)12-3)4-5(11-2)6(9)13-8/h4H,1-3H3/t8-/m1/s1. The Balaban J connectivity index is 2.92. The third-order valence-corrected chi connectivity index (χ3v) is 1.72. The maximum Gasteiger partial charge on any atom is 0.374 e. The monoisotopic (exact) mass is 186 g/mol. The van der Waals surface area contributed by atoms with Crippen molar-refractivity contribution in [3.8, 4) is 0 Å². The van der Waals surface area contributed by atoms with Gasteiger partial charge in [0, 0.05) is 6.08 Å². The molecule has 1 atom stereocenters. The van der Waals surface area contributed by atoms with Gasteiger partial charge >= 0.3 is 11.9 Å². The number of methoxy groups -OCH3 is 2. The molecular weight excluding hydrogens is 176 g/mol. The lowest BCUT2D eigenvalue weighted by molar-refractivity contribution is -0.168. The molecule has 0 saturated heterocycles. The lowest BCUT2D eigenvalue weighted by atomic mass is 10.1. The average Bonchev–Trinajstić information content (AvgIpc) is 2.41. The van der Waals surface area contributed by atoms with E-state index in [1.165, 1.54) is 27.2 Å². The van der Waals surface area contributed by atoms with Crippen molar-refractivity contribution in [1.29, 1.82) is 0 Å². The molecule has 13 heavy (non-hydrogen) atoms. The van der Waals surface area contributed by atoms with Gasteiger partial charge in [0.1, 0.15) is 0 Å². The van der Waals surface area contributed by atoms with E-state index in [0.717, 1.165) is 0 Å². The molecule has 0 amide bonds. The summed E-state index contributed by atoms with van der Waals surface area (Å²) in [6, 6.07) is 0. The summed E-state index contributed by atoms with van der Waals surface area (Å²) in [6.07, 6.45) is 1.29. The van der Waals surface area contributed by atoms with E-state index < -0.39 is 17.5 Å². The molecule has 1 aliphatic rings. The highest BCUT2D eigenvalue weighted by Crippen LogP contribution is 2.25. The maximum absolute atomic E-state index is 11.1. The summed E-state index contributed by atoms with van der Waals surface area (Å²) >= 11 is 0. The molecule has 0 aromatic rings. The lowest BCUT2D eigenvalue weighted by Gasteiger charge is -2.16. The first-order chi connectivity index (χ1) is 6.03. The quantitative estimate of drug-likeness (QED) is 0.568. The highest BCUT2D eigenvalue weighted by atomic mass is 16.6. The van der Waals surface area contributed by atoms with Gasteiger partial charge in [-0.15, -0.1) is 0 Å². The first-order valence-electron chi connectivity index (χ1n) is 3.62. The van der Waals surface area contributed by atoms with Gasteiger partial charge in [0.15, 0.2) is 0 Å². The van der Waals surface area contributed by atoms with Crippen molar-refractivity contribution in [3.63, 3.8) is 0 Å². The van der Waals surface area contributed by atoms with Gasteiger partial charge in [-0.2, -0.15) is 0 Å². The van der Waals surface area contributed by atoms with Crippen LogP contribution in [0.5, 0.6) is 0 Å². The molecule has 0 N–H and O–H groups in total. The summed E-state index contributed by atoms with van der Waals surface area (Å²) < 4.78 is 13.9. The Kier molecular flexibility index (Phi) is 2.27. The van der Waals surface area contributed by atoms with Crippen molar-refractivity contribution < 1.29 is 23.8 Å². The summed E-state index contributed by atoms with van der Waals surface area (Å²) in [5, 5.41) is 0. The third-order valence-electron chi connectivity index (χ3n) is 1.72. The van der Waals surface area contributed by atoms with Crippen LogP contribution in [0.3, 0.4) is 0 Å². The Morgan fingerprint density at radius 2 is 2.15 bits per heavy atom. The fourth-order valence-electron chi connectivity index (χ4n) is 1.03. The molecule has 1 aliphatic heterocycles. The number of carbonyl (C=O) groups excluding carboxylic acids is 2. The Morgan fingerprint density at radius 1 is 1.54 bits per heavy atom. The zero-order chi connectivity index (χ0) is 10.1. The number of carbonyl (C=O) groups is 2. The molecule has 0 radical (unpaired) electrons. The van der Waals surface area contributed by atoms with Crippen molar-refractivity contribution in [2.24, 2.45) is 0 Å². The van der Waals surface area contributed by atoms with Gasteiger partial charge in [-0.25, -0.2) is 9.59 Å². The molecule has 72 valence electrons. The van der Waals surface area contributed by atoms with E-state index >= 15 is 0 Å². The minimum atomic E-state index is -1.35. The predicted molar refractivity (Wildman–Crippen MR) is 41.6 cm³/mol. The van der Waals surface area contributed by atoms with Crippen LogP contribution in [0.25, 0.3) is 0 Å². The van der Waals surface area contributed by atoms with Gasteiger partial charge in [0.25, 0.3) is 0 Å². The molecule has 5 heteroatoms. The van der Waals surface area contributed by atoms with E-state index in [2.05, 4.69) is 4.74 Å². The summed E-state index contributed by atoms with van der Waals surface area (Å²) in [5.74, 6) is -1.27. The zero-order valence-corrected chi connectivity index (χ0v) is 7.62. The minimum Gasteiger partial charge on any atom is -0.490 e. The number of ether oxygens (including phenoxy) is 3. The van der Waals surface area contributed by atoms with Crippen LogP contribution in [-0.2, 0) is 23.8 Å². The Bertz CT molecular complexity index is 280. The van der Waals surface area contributed by atoms with E-state index in [-0.39, 0.29) is 5.76 Å². The van der Waals surface area contributed by atoms with E-state index in [1.54, 1.807) is 0 Å². The Hall–Kier alpha value is -1.52. The fraction of sp³-hybridized carbons (Fsp3) is 0.500. The van der Waals surface area contributed by atoms with Gasteiger partial charge in [0.05, 0.1) is 14.2 Å². The molecule has 0 unspecified atom stereocenters. The molecule has 0 spiro atoms. The second-order valence-corrected chi connectivity index (χ2v) is 2.70. The third kappa shape index (κ3) is 1.49. The van der Waals surface area contributed by atoms with Gasteiger partial charge in [-0.05, 0) is 6.92 Å². The van der Waals surface area contributed by atoms with Gasteiger partial charge in [-0.3, -0.25) is 0 Å². The topological polar surface area (TPSA) is 61.8 Å². The molecule has 0 aliphatic carbocycles. The molecule has 5 nitrogen and oxygen atoms in total. The van der Waals surface area contributed by atoms with E-state index in [0.29, 0.717) is 0 Å². The van der Waals surface area contributed by atoms with Gasteiger partial charge in [0.2, 0.25) is 11.4 Å². The first-order valence-corrected chi connectivity index (χ1v) is 3.62. The highest BCUT2D eigenvalue weighted by Gasteiger charge is 2.44. The number of hydrogen-bond donors (Lipinski definition) is 0. The van der Waals surface area contributed by atoms with Crippen LogP contribution < -0.4 is 0 Å². The Labute approximate surface area is 75.3 Å². The minimum absolute atomic E-state index is 0.0212. The van der Waals surface area contributed by atoms with E-state index in [1.807, 2.05) is 0 Å². The van der Waals surface area contributed by atoms with Crippen molar-refractivity contribution in [2.45, 2.75) is 12.5 Å². The smallest absolute Gasteiger partial charge is 0.374 e. The van der Waals surface area contributed by atoms with E-state index in [4.69, 9.17) is 9.47 Å². The number of esters is 2. The van der Waals surface area contributed by atoms with Crippen LogP contribution in [0.15, 0.2) is 11.8 Å². The number of rotatable bonds is 2. The molecular formula is C8H10O5. The summed E-state index contributed by atoms with van der Waals surface area (Å²) in [7, 11) is 2.55. The van der Waals surface area contributed by atoms with Crippen LogP contribution in [0, 0.1) is 0 Å². The number of cyclic esters (lactones) is 1. The molecule has 0 bridgehead atoms. The zero-order valence-electron chi connectivity index (χ0n) is 7.62. The highest BCUT2D eigenvalue weighted by molar-refractivity contribution is 5.96. The SMILES string of the molecule is COC(=O)[C@@]1(C)C=C(OC)C(=O)O1. The van der Waals surface area contributed by atoms with Crippen LogP contribution in [-0.4, -0.2) is 31.8 Å². The lowest BCUT2D eigenvalue weighted by Crippen LogP contribution is -2.35. The van der Waals surface area contributed by atoms with Crippen molar-refractivity contribution in [1.82, 2.24) is 0 Å². The average molecular weight is 186 g/mol. The molecule has 0 fully saturated rings. The second kappa shape index (κ2) is 3.08. The van der Waals surface area contributed by atoms with Crippen LogP contribution in [0.4, 0.5) is 0 Å². The van der Waals surface area contributed by atoms with E-state index in [9.17, 15) is 9.59 Å². The van der Waals surface area contributed by atoms with Crippen molar-refractivity contribution >= 4 is 11.9 Å². The fourth-order valence-corrected chi connectivity index (χ4v) is 1.03. The molecule has 0 aromatic heterocycles. The second-order valence-electron chi connectivity index (χ2n) is 2.70. The van der Waals surface area contributed by atoms with Crippen LogP contribution in [0.2, 0.25) is 0 Å². The van der Waals surface area contributed by atoms with Gasteiger partial charge in [-0.1, -0.05) is 0 Å². The summed E-state index contributed by atoms with van der Waals surface area (Å²) in [6.45, 7) is 1.43. The Morgan fingerprint density at radius 3 is 2.54 bits per heavy atom. The summed E-state index contributed by atoms with van der Waals surface area (Å²) in [5.41, 5.74) is -1.35. The van der Waals surface area contributed by atoms with Crippen molar-refractivity contribution in [3.05, 3.63) is 11.8 Å². The number of hydrogen-bond acceptors (Lipinski definition) is 5. The van der Waals surface area contributed by atoms with Crippen molar-refractivity contribution in [2.75, 3.05) is 14.2 Å². The molecule has 1 heterocycles. The molecule has 1 rings (SSSR count). The first kappa shape index (κ1) is 9.57. The molecule has 0 aromatic carbocycles. The molecule has 0 saturated carbocycles. The van der Waals surface area contributed by atoms with Crippen LogP contribution >= 0.6 is 0 Å². The maximum atomic E-state index is 11.1. The largest absolute Gasteiger partial charge is 0.490 e. The normalized spacial score (nSPS) is 26.4. The summed E-state index contributed by atoms with van der Waals surface area (Å²) in [4.78, 5) is 22.2. The van der Waals surface area contributed by atoms with Crippen LogP contribution in [0.1, 0.15) is 6.92 Å². The predicted octanol–water partition coefficient (Wildman–Crippen LogP) is 0.00520. The van der Waals surface area contributed by atoms with Gasteiger partial charge < -0.3 is 14.2 Å².